The summed E-state index contributed by atoms with van der Waals surface area (Å²) in [5.74, 6) is -0.292. The summed E-state index contributed by atoms with van der Waals surface area (Å²) in [6, 6.07) is 8.53. The molecule has 6 rings (SSSR count). The lowest BCUT2D eigenvalue weighted by Gasteiger charge is -2.34. The first-order valence-corrected chi connectivity index (χ1v) is 12.8. The third-order valence-electron chi connectivity index (χ3n) is 7.49. The van der Waals surface area contributed by atoms with Gasteiger partial charge in [0.1, 0.15) is 6.33 Å². The Morgan fingerprint density at radius 1 is 1.17 bits per heavy atom. The number of nitriles is 1. The maximum absolute atomic E-state index is 12.5. The van der Waals surface area contributed by atoms with Gasteiger partial charge in [-0.2, -0.15) is 5.26 Å². The highest BCUT2D eigenvalue weighted by Gasteiger charge is 2.58. The zero-order valence-corrected chi connectivity index (χ0v) is 20.6. The fraction of sp³-hybridized carbons (Fsp3) is 0.423. The van der Waals surface area contributed by atoms with Crippen molar-refractivity contribution in [3.05, 3.63) is 46.1 Å². The van der Waals surface area contributed by atoms with E-state index in [1.165, 1.54) is 16.2 Å². The van der Waals surface area contributed by atoms with Gasteiger partial charge in [-0.3, -0.25) is 19.4 Å². The van der Waals surface area contributed by atoms with Crippen LogP contribution in [-0.2, 0) is 22.7 Å². The molecule has 3 aliphatic rings. The Morgan fingerprint density at radius 3 is 2.71 bits per heavy atom. The van der Waals surface area contributed by atoms with E-state index < -0.39 is 0 Å². The number of nitrogens with zero attached hydrogens (tertiary/aromatic N) is 5. The number of piperidine rings is 1. The number of thiophene rings is 1. The number of piperazine rings is 1. The molecular formula is C26H26N6O2S. The number of likely N-dealkylation sites (tertiary alicyclic amines) is 1. The number of hydrogen-bond donors (Lipinski definition) is 1. The first kappa shape index (κ1) is 22.3. The molecule has 0 radical (unpaired) electrons. The minimum Gasteiger partial charge on any atom is -0.314 e. The van der Waals surface area contributed by atoms with Gasteiger partial charge in [-0.05, 0) is 49.6 Å². The lowest BCUT2D eigenvalue weighted by atomic mass is 9.95. The first-order valence-electron chi connectivity index (χ1n) is 12.0. The van der Waals surface area contributed by atoms with Crippen molar-refractivity contribution in [3.63, 3.8) is 0 Å². The molecule has 35 heavy (non-hydrogen) atoms. The summed E-state index contributed by atoms with van der Waals surface area (Å²) in [6.45, 7) is 8.21. The van der Waals surface area contributed by atoms with Crippen LogP contribution in [0.3, 0.4) is 0 Å². The van der Waals surface area contributed by atoms with E-state index in [0.29, 0.717) is 18.0 Å². The standard InChI is InChI=1S/C26H26N6O2S/c1-14-5-16(9-27)6-18(21(14)12-31-4-3-28-10-15(31)2)23-24-22(29-13-30-23)7-17(35-24)11-32-25(33)19-8-20(19)26(32)34/h5-7,13,15,19-20,28H,3-4,8,10-12H2,1-2H3/t15-,19?,20?/m0/s1. The molecule has 2 aromatic heterocycles. The van der Waals surface area contributed by atoms with Crippen LogP contribution in [0.25, 0.3) is 21.5 Å². The number of fused-ring (bicyclic) bond motifs is 2. The Kier molecular flexibility index (Phi) is 5.40. The molecule has 3 aromatic rings. The van der Waals surface area contributed by atoms with Crippen molar-refractivity contribution in [3.8, 4) is 17.3 Å². The van der Waals surface area contributed by atoms with Gasteiger partial charge in [0.05, 0.1) is 45.9 Å². The van der Waals surface area contributed by atoms with Gasteiger partial charge in [0.25, 0.3) is 0 Å². The van der Waals surface area contributed by atoms with Gasteiger partial charge in [-0.25, -0.2) is 9.97 Å². The van der Waals surface area contributed by atoms with Gasteiger partial charge in [0.2, 0.25) is 11.8 Å². The molecule has 0 bridgehead atoms. The van der Waals surface area contributed by atoms with Crippen LogP contribution in [0.1, 0.15) is 34.9 Å². The van der Waals surface area contributed by atoms with Crippen molar-refractivity contribution in [2.45, 2.75) is 39.4 Å². The molecular weight excluding hydrogens is 460 g/mol. The number of carbonyl (C=O) groups excluding carboxylic acids is 2. The number of nitrogens with one attached hydrogen (secondary N) is 1. The highest BCUT2D eigenvalue weighted by molar-refractivity contribution is 7.19. The molecule has 2 amide bonds. The summed E-state index contributed by atoms with van der Waals surface area (Å²) in [4.78, 5) is 38.9. The SMILES string of the molecule is Cc1cc(C#N)cc(-c2ncnc3cc(CN4C(=O)C5CC5C4=O)sc23)c1CN1CCNC[C@@H]1C. The van der Waals surface area contributed by atoms with Crippen LogP contribution in [0.5, 0.6) is 0 Å². The van der Waals surface area contributed by atoms with Crippen LogP contribution in [0.4, 0.5) is 0 Å². The van der Waals surface area contributed by atoms with Gasteiger partial charge in [0, 0.05) is 42.7 Å². The molecule has 3 atom stereocenters. The lowest BCUT2D eigenvalue weighted by molar-refractivity contribution is -0.141. The summed E-state index contributed by atoms with van der Waals surface area (Å²) in [6.07, 6.45) is 2.26. The molecule has 178 valence electrons. The second kappa shape index (κ2) is 8.48. The number of amides is 2. The Hall–Kier alpha value is -3.19. The Morgan fingerprint density at radius 2 is 1.97 bits per heavy atom. The molecule has 1 saturated carbocycles. The number of benzene rings is 1. The molecule has 2 aliphatic heterocycles. The van der Waals surface area contributed by atoms with E-state index in [0.717, 1.165) is 63.7 Å². The van der Waals surface area contributed by atoms with Crippen LogP contribution >= 0.6 is 11.3 Å². The summed E-state index contributed by atoms with van der Waals surface area (Å²) < 4.78 is 0.913. The first-order chi connectivity index (χ1) is 16.9. The molecule has 9 heteroatoms. The average Bonchev–Trinajstić information content (AvgIpc) is 3.49. The molecule has 1 aromatic carbocycles. The zero-order valence-electron chi connectivity index (χ0n) is 19.7. The van der Waals surface area contributed by atoms with Crippen molar-refractivity contribution in [1.29, 1.82) is 5.26 Å². The van der Waals surface area contributed by atoms with E-state index in [1.807, 2.05) is 18.2 Å². The lowest BCUT2D eigenvalue weighted by Crippen LogP contribution is -2.49. The zero-order chi connectivity index (χ0) is 24.3. The van der Waals surface area contributed by atoms with Crippen molar-refractivity contribution < 1.29 is 9.59 Å². The summed E-state index contributed by atoms with van der Waals surface area (Å²) in [5, 5.41) is 13.1. The van der Waals surface area contributed by atoms with E-state index in [4.69, 9.17) is 0 Å². The van der Waals surface area contributed by atoms with E-state index >= 15 is 0 Å². The van der Waals surface area contributed by atoms with Crippen molar-refractivity contribution >= 4 is 33.4 Å². The van der Waals surface area contributed by atoms with E-state index in [2.05, 4.69) is 40.1 Å². The number of imide groups is 1. The number of hydrogen-bond acceptors (Lipinski definition) is 8. The topological polar surface area (TPSA) is 102 Å². The predicted molar refractivity (Wildman–Crippen MR) is 132 cm³/mol. The molecule has 2 saturated heterocycles. The molecule has 0 spiro atoms. The van der Waals surface area contributed by atoms with Gasteiger partial charge >= 0.3 is 0 Å². The maximum Gasteiger partial charge on any atom is 0.233 e. The van der Waals surface area contributed by atoms with E-state index in [9.17, 15) is 14.9 Å². The third kappa shape index (κ3) is 3.82. The highest BCUT2D eigenvalue weighted by atomic mass is 32.1. The van der Waals surface area contributed by atoms with E-state index in [-0.39, 0.29) is 30.2 Å². The van der Waals surface area contributed by atoms with Gasteiger partial charge < -0.3 is 5.32 Å². The predicted octanol–water partition coefficient (Wildman–Crippen LogP) is 2.84. The molecule has 8 nitrogen and oxygen atoms in total. The molecule has 2 unspecified atom stereocenters. The van der Waals surface area contributed by atoms with Crippen LogP contribution in [0, 0.1) is 30.1 Å². The Balaban J connectivity index is 1.40. The molecule has 1 N–H and O–H groups in total. The number of aromatic nitrogens is 2. The third-order valence-corrected chi connectivity index (χ3v) is 8.61. The van der Waals surface area contributed by atoms with Gasteiger partial charge in [-0.15, -0.1) is 11.3 Å². The summed E-state index contributed by atoms with van der Waals surface area (Å²) in [7, 11) is 0. The van der Waals surface area contributed by atoms with Gasteiger partial charge in [0.15, 0.2) is 0 Å². The summed E-state index contributed by atoms with van der Waals surface area (Å²) in [5.41, 5.74) is 5.37. The molecule has 1 aliphatic carbocycles. The highest BCUT2D eigenvalue weighted by Crippen LogP contribution is 2.48. The minimum atomic E-state index is -0.0983. The van der Waals surface area contributed by atoms with Crippen molar-refractivity contribution in [2.75, 3.05) is 19.6 Å². The number of carbonyl (C=O) groups is 2. The smallest absolute Gasteiger partial charge is 0.233 e. The van der Waals surface area contributed by atoms with E-state index in [1.54, 1.807) is 6.33 Å². The van der Waals surface area contributed by atoms with Crippen LogP contribution in [-0.4, -0.2) is 57.3 Å². The fourth-order valence-electron chi connectivity index (χ4n) is 5.36. The minimum absolute atomic E-state index is 0.0477. The second-order valence-electron chi connectivity index (χ2n) is 9.82. The number of aryl methyl sites for hydroxylation is 1. The van der Waals surface area contributed by atoms with Crippen molar-refractivity contribution in [1.82, 2.24) is 25.1 Å². The monoisotopic (exact) mass is 486 g/mol. The maximum atomic E-state index is 12.5. The molecule has 4 heterocycles. The van der Waals surface area contributed by atoms with Crippen LogP contribution in [0.2, 0.25) is 0 Å². The van der Waals surface area contributed by atoms with Crippen LogP contribution in [0.15, 0.2) is 24.5 Å². The Labute approximate surface area is 207 Å². The Bertz CT molecular complexity index is 1390. The normalized spacial score (nSPS) is 24.1. The second-order valence-corrected chi connectivity index (χ2v) is 11.0. The number of rotatable bonds is 5. The fourth-order valence-corrected chi connectivity index (χ4v) is 6.46. The quantitative estimate of drug-likeness (QED) is 0.553. The van der Waals surface area contributed by atoms with Crippen LogP contribution < -0.4 is 5.32 Å². The average molecular weight is 487 g/mol. The van der Waals surface area contributed by atoms with Crippen molar-refractivity contribution in [2.24, 2.45) is 11.8 Å². The van der Waals surface area contributed by atoms with Gasteiger partial charge in [-0.1, -0.05) is 0 Å². The largest absolute Gasteiger partial charge is 0.314 e. The summed E-state index contributed by atoms with van der Waals surface area (Å²) >= 11 is 1.52. The molecule has 3 fully saturated rings.